The Bertz CT molecular complexity index is 2130. The molecule has 15 nitrogen and oxygen atoms in total. The van der Waals surface area contributed by atoms with Crippen molar-refractivity contribution >= 4 is 37.9 Å². The van der Waals surface area contributed by atoms with Gasteiger partial charge in [-0.05, 0) is 48.0 Å². The zero-order valence-corrected chi connectivity index (χ0v) is 37.4. The van der Waals surface area contributed by atoms with Crippen molar-refractivity contribution < 1.29 is 71.3 Å². The third-order valence-corrected chi connectivity index (χ3v) is 11.9. The number of carbonyl (C=O) groups excluding carboxylic acids is 5. The van der Waals surface area contributed by atoms with E-state index in [9.17, 15) is 24.0 Å². The molecule has 0 aromatic heterocycles. The van der Waals surface area contributed by atoms with Crippen LogP contribution in [0.25, 0.3) is 0 Å². The first-order valence-corrected chi connectivity index (χ1v) is 24.7. The van der Waals surface area contributed by atoms with Crippen LogP contribution in [0.2, 0.25) is 25.7 Å². The highest BCUT2D eigenvalue weighted by Gasteiger charge is 2.54. The van der Waals surface area contributed by atoms with Crippen LogP contribution < -0.4 is 0 Å². The minimum atomic E-state index is -1.70. The van der Waals surface area contributed by atoms with Crippen molar-refractivity contribution in [3.63, 3.8) is 0 Å². The van der Waals surface area contributed by atoms with Crippen LogP contribution >= 0.6 is 0 Å². The molecule has 0 aliphatic carbocycles. The molecule has 2 fully saturated rings. The molecule has 9 atom stereocenters. The van der Waals surface area contributed by atoms with E-state index in [0.717, 1.165) is 5.56 Å². The molecule has 64 heavy (non-hydrogen) atoms. The van der Waals surface area contributed by atoms with Gasteiger partial charge in [0.25, 0.3) is 0 Å². The molecule has 1 unspecified atom stereocenters. The first-order chi connectivity index (χ1) is 30.8. The molecule has 2 saturated heterocycles. The van der Waals surface area contributed by atoms with Gasteiger partial charge >= 0.3 is 29.8 Å². The fourth-order valence-corrected chi connectivity index (χ4v) is 7.72. The fraction of sp³-hybridized carbons (Fsp3) is 0.396. The first kappa shape index (κ1) is 47.7. The molecule has 4 aromatic rings. The summed E-state index contributed by atoms with van der Waals surface area (Å²) in [6.45, 7) is 8.47. The predicted molar refractivity (Wildman–Crippen MR) is 232 cm³/mol. The molecule has 4 aromatic carbocycles. The molecule has 0 bridgehead atoms. The van der Waals surface area contributed by atoms with Crippen LogP contribution in [-0.2, 0) is 63.6 Å². The van der Waals surface area contributed by atoms with E-state index in [0.29, 0.717) is 6.04 Å². The molecule has 16 heteroatoms. The van der Waals surface area contributed by atoms with Crippen molar-refractivity contribution in [2.75, 3.05) is 19.8 Å². The van der Waals surface area contributed by atoms with Gasteiger partial charge in [0.15, 0.2) is 43.1 Å². The van der Waals surface area contributed by atoms with Crippen LogP contribution in [0.5, 0.6) is 0 Å². The lowest BCUT2D eigenvalue weighted by Crippen LogP contribution is -2.64. The molecule has 0 saturated carbocycles. The molecule has 0 spiro atoms. The standard InChI is InChI=1S/C48H54O15Si/c1-31(49)58-37-29-56-47(42(40(37)59-32(2)50)55-28-33-18-10-6-11-19-33)57-30-38-39(61-44(51)34-20-12-7-13-21-34)41(62-45(52)35-22-14-8-15-23-35)43(48(60-38)54-26-27-64(3,4)5)63-46(53)36-24-16-9-17-25-36/h6-25,37-43,47-48H,26-30H2,1-5H3/t37-,38-,39-,40-,41+,42+,43-,47?,48-/m1/s1. The highest BCUT2D eigenvalue weighted by Crippen LogP contribution is 2.33. The van der Waals surface area contributed by atoms with Gasteiger partial charge in [-0.15, -0.1) is 0 Å². The summed E-state index contributed by atoms with van der Waals surface area (Å²) in [6, 6.07) is 34.4. The van der Waals surface area contributed by atoms with Crippen LogP contribution in [0.3, 0.4) is 0 Å². The maximum Gasteiger partial charge on any atom is 0.338 e. The highest BCUT2D eigenvalue weighted by molar-refractivity contribution is 6.76. The fourth-order valence-electron chi connectivity index (χ4n) is 6.99. The summed E-state index contributed by atoms with van der Waals surface area (Å²) in [7, 11) is -1.70. The maximum atomic E-state index is 14.0. The van der Waals surface area contributed by atoms with Gasteiger partial charge in [-0.2, -0.15) is 0 Å². The lowest BCUT2D eigenvalue weighted by molar-refractivity contribution is -0.323. The van der Waals surface area contributed by atoms with Crippen molar-refractivity contribution in [3.8, 4) is 0 Å². The van der Waals surface area contributed by atoms with Gasteiger partial charge in [0, 0.05) is 28.5 Å². The number of carbonyl (C=O) groups is 5. The number of ether oxygens (including phenoxy) is 10. The van der Waals surface area contributed by atoms with Gasteiger partial charge in [0.2, 0.25) is 0 Å². The number of rotatable bonds is 18. The minimum absolute atomic E-state index is 0.0233. The molecular weight excluding hydrogens is 845 g/mol. The van der Waals surface area contributed by atoms with Gasteiger partial charge in [0.1, 0.15) is 12.2 Å². The average molecular weight is 899 g/mol. The molecule has 2 aliphatic heterocycles. The summed E-state index contributed by atoms with van der Waals surface area (Å²) in [5.74, 6) is -3.69. The minimum Gasteiger partial charge on any atom is -0.456 e. The Labute approximate surface area is 373 Å². The molecule has 0 radical (unpaired) electrons. The second-order valence-corrected chi connectivity index (χ2v) is 22.1. The predicted octanol–water partition coefficient (Wildman–Crippen LogP) is 6.56. The molecule has 0 amide bonds. The van der Waals surface area contributed by atoms with E-state index in [1.807, 2.05) is 30.3 Å². The van der Waals surface area contributed by atoms with Gasteiger partial charge in [-0.25, -0.2) is 14.4 Å². The van der Waals surface area contributed by atoms with Gasteiger partial charge in [0.05, 0.1) is 36.5 Å². The number of benzene rings is 4. The number of esters is 5. The van der Waals surface area contributed by atoms with E-state index < -0.39 is 99.8 Å². The van der Waals surface area contributed by atoms with Gasteiger partial charge in [-0.1, -0.05) is 105 Å². The van der Waals surface area contributed by atoms with E-state index in [1.165, 1.54) is 13.8 Å². The van der Waals surface area contributed by atoms with Crippen molar-refractivity contribution in [3.05, 3.63) is 144 Å². The third-order valence-electron chi connectivity index (χ3n) is 10.2. The summed E-state index contributed by atoms with van der Waals surface area (Å²) in [5.41, 5.74) is 1.32. The quantitative estimate of drug-likeness (QED) is 0.0595. The normalized spacial score (nSPS) is 24.4. The number of hydrogen-bond donors (Lipinski definition) is 0. The largest absolute Gasteiger partial charge is 0.456 e. The van der Waals surface area contributed by atoms with Crippen molar-refractivity contribution in [1.29, 1.82) is 0 Å². The van der Waals surface area contributed by atoms with Crippen LogP contribution in [0.4, 0.5) is 0 Å². The second kappa shape index (κ2) is 22.7. The maximum absolute atomic E-state index is 14.0. The summed E-state index contributed by atoms with van der Waals surface area (Å²) < 4.78 is 61.7. The molecule has 2 aliphatic rings. The Morgan fingerprint density at radius 3 is 1.52 bits per heavy atom. The zero-order chi connectivity index (χ0) is 45.6. The Morgan fingerprint density at radius 2 is 1.02 bits per heavy atom. The molecule has 2 heterocycles. The lowest BCUT2D eigenvalue weighted by atomic mass is 9.97. The Balaban J connectivity index is 1.39. The van der Waals surface area contributed by atoms with Gasteiger partial charge in [-0.3, -0.25) is 9.59 Å². The second-order valence-electron chi connectivity index (χ2n) is 16.5. The first-order valence-electron chi connectivity index (χ1n) is 21.0. The third kappa shape index (κ3) is 13.6. The highest BCUT2D eigenvalue weighted by atomic mass is 28.3. The zero-order valence-electron chi connectivity index (χ0n) is 36.4. The average Bonchev–Trinajstić information content (AvgIpc) is 3.28. The Hall–Kier alpha value is -5.75. The van der Waals surface area contributed by atoms with Crippen LogP contribution in [0.1, 0.15) is 50.5 Å². The lowest BCUT2D eigenvalue weighted by Gasteiger charge is -2.45. The molecule has 0 N–H and O–H groups in total. The van der Waals surface area contributed by atoms with E-state index >= 15 is 0 Å². The molecular formula is C48H54O15Si. The summed E-state index contributed by atoms with van der Waals surface area (Å²) >= 11 is 0. The Kier molecular flexibility index (Phi) is 17.0. The Morgan fingerprint density at radius 1 is 0.531 bits per heavy atom. The van der Waals surface area contributed by atoms with E-state index in [1.54, 1.807) is 91.0 Å². The smallest absolute Gasteiger partial charge is 0.338 e. The van der Waals surface area contributed by atoms with Crippen LogP contribution in [0, 0.1) is 0 Å². The van der Waals surface area contributed by atoms with Crippen molar-refractivity contribution in [2.45, 2.75) is 101 Å². The summed E-state index contributed by atoms with van der Waals surface area (Å²) in [4.78, 5) is 66.5. The summed E-state index contributed by atoms with van der Waals surface area (Å²) in [6.07, 6.45) is -11.9. The summed E-state index contributed by atoms with van der Waals surface area (Å²) in [5, 5.41) is 0. The van der Waals surface area contributed by atoms with Crippen LogP contribution in [-0.4, -0.2) is 113 Å². The van der Waals surface area contributed by atoms with E-state index in [-0.39, 0.29) is 36.5 Å². The van der Waals surface area contributed by atoms with Crippen LogP contribution in [0.15, 0.2) is 121 Å². The monoisotopic (exact) mass is 898 g/mol. The molecule has 340 valence electrons. The molecule has 6 rings (SSSR count). The number of hydrogen-bond acceptors (Lipinski definition) is 15. The SMILES string of the molecule is CC(=O)O[C@H]1[C@H](OCc2ccccc2)C(OC[C@H]2O[C@@H](OCC[Si](C)(C)C)[C@H](OC(=O)c3ccccc3)[C@@H](OC(=O)c3ccccc3)[C@@H]2OC(=O)c2ccccc2)OC[C@H]1OC(C)=O. The van der Waals surface area contributed by atoms with Gasteiger partial charge < -0.3 is 47.4 Å². The topological polar surface area (TPSA) is 178 Å². The van der Waals surface area contributed by atoms with E-state index in [2.05, 4.69) is 19.6 Å². The van der Waals surface area contributed by atoms with Crippen molar-refractivity contribution in [1.82, 2.24) is 0 Å². The van der Waals surface area contributed by atoms with Crippen molar-refractivity contribution in [2.24, 2.45) is 0 Å². The van der Waals surface area contributed by atoms with E-state index in [4.69, 9.17) is 47.4 Å².